The average molecular weight is 277 g/mol. The highest BCUT2D eigenvalue weighted by Gasteiger charge is 2.20. The monoisotopic (exact) mass is 277 g/mol. The highest BCUT2D eigenvalue weighted by molar-refractivity contribution is 5.71. The Hall–Kier alpha value is -1.86. The van der Waals surface area contributed by atoms with Gasteiger partial charge >= 0.3 is 0 Å². The highest BCUT2D eigenvalue weighted by Crippen LogP contribution is 2.26. The lowest BCUT2D eigenvalue weighted by Gasteiger charge is -2.26. The lowest BCUT2D eigenvalue weighted by molar-refractivity contribution is 0.308. The molecule has 0 bridgehead atoms. The number of hydrogen-bond acceptors (Lipinski definition) is 1. The zero-order valence-electron chi connectivity index (χ0n) is 12.8. The highest BCUT2D eigenvalue weighted by atomic mass is 15.2. The van der Waals surface area contributed by atoms with Crippen molar-refractivity contribution in [2.75, 3.05) is 13.1 Å². The molecule has 0 amide bonds. The molecular formula is C20H23N. The fourth-order valence-corrected chi connectivity index (χ4v) is 3.10. The first-order chi connectivity index (χ1) is 10.3. The van der Waals surface area contributed by atoms with Gasteiger partial charge in [0.2, 0.25) is 0 Å². The maximum Gasteiger partial charge on any atom is 0.0319 e. The smallest absolute Gasteiger partial charge is 0.0319 e. The van der Waals surface area contributed by atoms with Crippen molar-refractivity contribution in [3.05, 3.63) is 66.7 Å². The molecule has 1 fully saturated rings. The largest absolute Gasteiger partial charge is 0.297 e. The first-order valence-corrected chi connectivity index (χ1v) is 7.84. The predicted molar refractivity (Wildman–Crippen MR) is 91.2 cm³/mol. The van der Waals surface area contributed by atoms with Crippen LogP contribution in [0.5, 0.6) is 0 Å². The molecule has 0 aromatic heterocycles. The van der Waals surface area contributed by atoms with Crippen LogP contribution in [0, 0.1) is 0 Å². The van der Waals surface area contributed by atoms with E-state index in [1.807, 2.05) is 0 Å². The van der Waals surface area contributed by atoms with Gasteiger partial charge in [0.05, 0.1) is 0 Å². The topological polar surface area (TPSA) is 3.24 Å². The van der Waals surface area contributed by atoms with Crippen molar-refractivity contribution in [1.29, 1.82) is 0 Å². The maximum atomic E-state index is 4.33. The van der Waals surface area contributed by atoms with Crippen LogP contribution in [0.3, 0.4) is 0 Å². The Bertz CT molecular complexity index is 591. The summed E-state index contributed by atoms with van der Waals surface area (Å²) in [5.41, 5.74) is 5.02. The van der Waals surface area contributed by atoms with Gasteiger partial charge in [-0.15, -0.1) is 0 Å². The number of hydrogen-bond donors (Lipinski definition) is 0. The van der Waals surface area contributed by atoms with E-state index in [1.54, 1.807) is 0 Å². The second kappa shape index (κ2) is 6.28. The van der Waals surface area contributed by atoms with E-state index in [1.165, 1.54) is 48.2 Å². The lowest BCUT2D eigenvalue weighted by atomic mass is 9.97. The first kappa shape index (κ1) is 14.1. The normalized spacial score (nSPS) is 16.8. The molecule has 0 saturated carbocycles. The first-order valence-electron chi connectivity index (χ1n) is 7.84. The Kier molecular flexibility index (Phi) is 4.21. The van der Waals surface area contributed by atoms with E-state index in [4.69, 9.17) is 0 Å². The van der Waals surface area contributed by atoms with Gasteiger partial charge in [-0.25, -0.2) is 0 Å². The van der Waals surface area contributed by atoms with Gasteiger partial charge < -0.3 is 0 Å². The molecule has 2 aromatic rings. The summed E-state index contributed by atoms with van der Waals surface area (Å²) >= 11 is 0. The van der Waals surface area contributed by atoms with Gasteiger partial charge in [0.15, 0.2) is 0 Å². The molecule has 2 aromatic carbocycles. The summed E-state index contributed by atoms with van der Waals surface area (Å²) in [6.07, 6.45) is 2.65. The van der Waals surface area contributed by atoms with Crippen LogP contribution < -0.4 is 0 Å². The predicted octanol–water partition coefficient (Wildman–Crippen LogP) is 4.85. The van der Waals surface area contributed by atoms with Crippen LogP contribution in [0.4, 0.5) is 0 Å². The van der Waals surface area contributed by atoms with Gasteiger partial charge in [-0.05, 0) is 55.1 Å². The molecule has 21 heavy (non-hydrogen) atoms. The molecule has 1 heteroatoms. The Labute approximate surface area is 127 Å². The van der Waals surface area contributed by atoms with E-state index in [0.717, 1.165) is 0 Å². The molecule has 0 radical (unpaired) electrons. The minimum Gasteiger partial charge on any atom is -0.297 e. The van der Waals surface area contributed by atoms with E-state index in [0.29, 0.717) is 6.04 Å². The molecule has 1 heterocycles. The summed E-state index contributed by atoms with van der Waals surface area (Å²) in [4.78, 5) is 2.54. The molecule has 0 aliphatic carbocycles. The number of likely N-dealkylation sites (tertiary alicyclic amines) is 1. The van der Waals surface area contributed by atoms with Crippen LogP contribution in [0.1, 0.15) is 25.3 Å². The average Bonchev–Trinajstić information content (AvgIpc) is 3.09. The van der Waals surface area contributed by atoms with Crippen molar-refractivity contribution in [3.8, 4) is 11.1 Å². The molecule has 3 rings (SSSR count). The molecule has 0 N–H and O–H groups in total. The van der Waals surface area contributed by atoms with Gasteiger partial charge in [0, 0.05) is 6.04 Å². The molecular weight excluding hydrogens is 254 g/mol. The second-order valence-corrected chi connectivity index (χ2v) is 5.89. The van der Waals surface area contributed by atoms with E-state index in [-0.39, 0.29) is 0 Å². The Morgan fingerprint density at radius 2 is 1.48 bits per heavy atom. The summed E-state index contributed by atoms with van der Waals surface area (Å²) in [6, 6.07) is 19.8. The Morgan fingerprint density at radius 1 is 0.905 bits per heavy atom. The van der Waals surface area contributed by atoms with Crippen LogP contribution in [0.15, 0.2) is 61.2 Å². The molecule has 0 spiro atoms. The quantitative estimate of drug-likeness (QED) is 0.772. The van der Waals surface area contributed by atoms with Gasteiger partial charge in [0.25, 0.3) is 0 Å². The maximum absolute atomic E-state index is 4.33. The van der Waals surface area contributed by atoms with Crippen molar-refractivity contribution >= 4 is 5.57 Å². The molecule has 1 nitrogen and oxygen atoms in total. The van der Waals surface area contributed by atoms with E-state index in [2.05, 4.69) is 73.0 Å². The van der Waals surface area contributed by atoms with Gasteiger partial charge in [-0.1, -0.05) is 61.2 Å². The SMILES string of the molecule is C=C(c1ccc(-c2ccccc2)cc1)[C@@H](C)N1CCCC1. The van der Waals surface area contributed by atoms with Crippen LogP contribution in [0.2, 0.25) is 0 Å². The van der Waals surface area contributed by atoms with Crippen molar-refractivity contribution in [3.63, 3.8) is 0 Å². The fourth-order valence-electron chi connectivity index (χ4n) is 3.10. The zero-order chi connectivity index (χ0) is 14.7. The summed E-state index contributed by atoms with van der Waals surface area (Å²) in [5, 5.41) is 0. The standard InChI is InChI=1S/C20H23N/c1-16(17(2)21-14-6-7-15-21)18-10-12-20(13-11-18)19-8-4-3-5-9-19/h3-5,8-13,17H,1,6-7,14-15H2,2H3/t17-/m1/s1. The summed E-state index contributed by atoms with van der Waals surface area (Å²) in [6.45, 7) is 9.03. The molecule has 0 unspecified atom stereocenters. The summed E-state index contributed by atoms with van der Waals surface area (Å²) < 4.78 is 0. The number of benzene rings is 2. The third-order valence-electron chi connectivity index (χ3n) is 4.56. The second-order valence-electron chi connectivity index (χ2n) is 5.89. The van der Waals surface area contributed by atoms with Gasteiger partial charge in [0.1, 0.15) is 0 Å². The third-order valence-corrected chi connectivity index (χ3v) is 4.56. The van der Waals surface area contributed by atoms with E-state index >= 15 is 0 Å². The van der Waals surface area contributed by atoms with Crippen molar-refractivity contribution < 1.29 is 0 Å². The van der Waals surface area contributed by atoms with Crippen LogP contribution in [-0.2, 0) is 0 Å². The minimum absolute atomic E-state index is 0.440. The molecule has 1 atom stereocenters. The lowest BCUT2D eigenvalue weighted by Crippen LogP contribution is -2.30. The van der Waals surface area contributed by atoms with E-state index < -0.39 is 0 Å². The van der Waals surface area contributed by atoms with Crippen molar-refractivity contribution in [2.24, 2.45) is 0 Å². The van der Waals surface area contributed by atoms with E-state index in [9.17, 15) is 0 Å². The van der Waals surface area contributed by atoms with Gasteiger partial charge in [-0.2, -0.15) is 0 Å². The minimum atomic E-state index is 0.440. The molecule has 1 aliphatic rings. The Morgan fingerprint density at radius 3 is 2.10 bits per heavy atom. The van der Waals surface area contributed by atoms with Crippen LogP contribution in [0.25, 0.3) is 16.7 Å². The molecule has 1 aliphatic heterocycles. The van der Waals surface area contributed by atoms with Crippen LogP contribution in [-0.4, -0.2) is 24.0 Å². The van der Waals surface area contributed by atoms with Crippen molar-refractivity contribution in [2.45, 2.75) is 25.8 Å². The number of nitrogens with zero attached hydrogens (tertiary/aromatic N) is 1. The molecule has 108 valence electrons. The number of rotatable bonds is 4. The fraction of sp³-hybridized carbons (Fsp3) is 0.300. The summed E-state index contributed by atoms with van der Waals surface area (Å²) in [7, 11) is 0. The molecule has 1 saturated heterocycles. The van der Waals surface area contributed by atoms with Crippen molar-refractivity contribution in [1.82, 2.24) is 4.90 Å². The zero-order valence-corrected chi connectivity index (χ0v) is 12.8. The van der Waals surface area contributed by atoms with Gasteiger partial charge in [-0.3, -0.25) is 4.90 Å². The third kappa shape index (κ3) is 3.08. The van der Waals surface area contributed by atoms with Crippen LogP contribution >= 0.6 is 0 Å². The Balaban J connectivity index is 1.76. The summed E-state index contributed by atoms with van der Waals surface area (Å²) in [5.74, 6) is 0.